The molecule has 82 valence electrons. The number of hydrogen-bond donors (Lipinski definition) is 1. The second-order valence-electron chi connectivity index (χ2n) is 2.93. The highest BCUT2D eigenvalue weighted by atomic mass is 35.5. The smallest absolute Gasteiger partial charge is 0.167 e. The largest absolute Gasteiger partial charge is 0.495 e. The van der Waals surface area contributed by atoms with Gasteiger partial charge in [-0.15, -0.1) is 0 Å². The maximum atomic E-state index is 13.3. The van der Waals surface area contributed by atoms with Crippen LogP contribution < -0.4 is 10.5 Å². The van der Waals surface area contributed by atoms with E-state index >= 15 is 0 Å². The Morgan fingerprint density at radius 1 is 1.60 bits per heavy atom. The highest BCUT2D eigenvalue weighted by Crippen LogP contribution is 2.27. The fourth-order valence-corrected chi connectivity index (χ4v) is 1.39. The first kappa shape index (κ1) is 11.9. The minimum Gasteiger partial charge on any atom is -0.495 e. The molecule has 15 heavy (non-hydrogen) atoms. The topological polar surface area (TPSA) is 52.3 Å². The minimum absolute atomic E-state index is 0.0401. The van der Waals surface area contributed by atoms with Gasteiger partial charge < -0.3 is 10.5 Å². The van der Waals surface area contributed by atoms with Crippen molar-refractivity contribution in [2.24, 2.45) is 5.73 Å². The SMILES string of the molecule is COc1cc(C(=O)CCN)c(F)cc1Cl. The summed E-state index contributed by atoms with van der Waals surface area (Å²) in [7, 11) is 1.40. The predicted molar refractivity (Wildman–Crippen MR) is 56.0 cm³/mol. The Bertz CT molecular complexity index is 382. The number of hydrogen-bond acceptors (Lipinski definition) is 3. The Kier molecular flexibility index (Phi) is 4.05. The van der Waals surface area contributed by atoms with Gasteiger partial charge >= 0.3 is 0 Å². The third kappa shape index (κ3) is 2.67. The molecule has 0 bridgehead atoms. The summed E-state index contributed by atoms with van der Waals surface area (Å²) >= 11 is 5.68. The van der Waals surface area contributed by atoms with Crippen molar-refractivity contribution >= 4 is 17.4 Å². The summed E-state index contributed by atoms with van der Waals surface area (Å²) in [6, 6.07) is 2.35. The molecule has 0 unspecified atom stereocenters. The molecule has 0 heterocycles. The lowest BCUT2D eigenvalue weighted by Crippen LogP contribution is -2.10. The van der Waals surface area contributed by atoms with Crippen molar-refractivity contribution in [3.05, 3.63) is 28.5 Å². The Balaban J connectivity index is 3.12. The van der Waals surface area contributed by atoms with Gasteiger partial charge in [-0.25, -0.2) is 4.39 Å². The van der Waals surface area contributed by atoms with E-state index in [1.54, 1.807) is 0 Å². The van der Waals surface area contributed by atoms with Crippen LogP contribution in [0.1, 0.15) is 16.8 Å². The van der Waals surface area contributed by atoms with Gasteiger partial charge in [0.2, 0.25) is 0 Å². The molecule has 0 spiro atoms. The lowest BCUT2D eigenvalue weighted by atomic mass is 10.1. The number of benzene rings is 1. The average Bonchev–Trinajstić information content (AvgIpc) is 2.18. The van der Waals surface area contributed by atoms with E-state index in [-0.39, 0.29) is 35.1 Å². The van der Waals surface area contributed by atoms with Gasteiger partial charge in [-0.05, 0) is 18.7 Å². The monoisotopic (exact) mass is 231 g/mol. The maximum Gasteiger partial charge on any atom is 0.167 e. The van der Waals surface area contributed by atoms with Crippen LogP contribution in [0.3, 0.4) is 0 Å². The number of carbonyl (C=O) groups is 1. The number of halogens is 2. The summed E-state index contributed by atoms with van der Waals surface area (Å²) in [6.45, 7) is 0.184. The van der Waals surface area contributed by atoms with Crippen LogP contribution in [0.5, 0.6) is 5.75 Å². The van der Waals surface area contributed by atoms with E-state index in [2.05, 4.69) is 0 Å². The van der Waals surface area contributed by atoms with Crippen LogP contribution in [0.4, 0.5) is 4.39 Å². The molecular weight excluding hydrogens is 221 g/mol. The van der Waals surface area contributed by atoms with Gasteiger partial charge in [0.05, 0.1) is 17.7 Å². The lowest BCUT2D eigenvalue weighted by molar-refractivity contribution is 0.0981. The minimum atomic E-state index is -0.653. The summed E-state index contributed by atoms with van der Waals surface area (Å²) in [6.07, 6.45) is 0.0989. The van der Waals surface area contributed by atoms with Gasteiger partial charge in [-0.2, -0.15) is 0 Å². The molecule has 1 aromatic carbocycles. The van der Waals surface area contributed by atoms with E-state index in [1.165, 1.54) is 13.2 Å². The van der Waals surface area contributed by atoms with Crippen molar-refractivity contribution in [2.45, 2.75) is 6.42 Å². The zero-order valence-electron chi connectivity index (χ0n) is 8.22. The fraction of sp³-hybridized carbons (Fsp3) is 0.300. The van der Waals surface area contributed by atoms with Gasteiger partial charge in [0.1, 0.15) is 11.6 Å². The Labute approximate surface area is 92.0 Å². The van der Waals surface area contributed by atoms with E-state index < -0.39 is 5.82 Å². The van der Waals surface area contributed by atoms with E-state index in [1.807, 2.05) is 0 Å². The molecular formula is C10H11ClFNO2. The van der Waals surface area contributed by atoms with Gasteiger partial charge in [-0.1, -0.05) is 11.6 Å². The fourth-order valence-electron chi connectivity index (χ4n) is 1.16. The molecule has 0 amide bonds. The third-order valence-corrected chi connectivity index (χ3v) is 2.21. The Hall–Kier alpha value is -1.13. The maximum absolute atomic E-state index is 13.3. The first-order valence-electron chi connectivity index (χ1n) is 4.36. The quantitative estimate of drug-likeness (QED) is 0.807. The lowest BCUT2D eigenvalue weighted by Gasteiger charge is -2.06. The van der Waals surface area contributed by atoms with Crippen LogP contribution in [0.2, 0.25) is 5.02 Å². The molecule has 0 atom stereocenters. The van der Waals surface area contributed by atoms with Crippen LogP contribution in [0, 0.1) is 5.82 Å². The van der Waals surface area contributed by atoms with Crippen LogP contribution in [0.25, 0.3) is 0 Å². The van der Waals surface area contributed by atoms with E-state index in [9.17, 15) is 9.18 Å². The van der Waals surface area contributed by atoms with Gasteiger partial charge in [-0.3, -0.25) is 4.79 Å². The zero-order chi connectivity index (χ0) is 11.4. The third-order valence-electron chi connectivity index (χ3n) is 1.91. The Morgan fingerprint density at radius 2 is 2.27 bits per heavy atom. The predicted octanol–water partition coefficient (Wildman–Crippen LogP) is 2.02. The summed E-state index contributed by atoms with van der Waals surface area (Å²) in [5, 5.41) is 0.138. The average molecular weight is 232 g/mol. The van der Waals surface area contributed by atoms with Gasteiger partial charge in [0.25, 0.3) is 0 Å². The molecule has 0 aliphatic heterocycles. The van der Waals surface area contributed by atoms with Gasteiger partial charge in [0, 0.05) is 6.42 Å². The number of Topliss-reactive ketones (excluding diaryl/α,β-unsaturated/α-hetero) is 1. The molecule has 5 heteroatoms. The Morgan fingerprint density at radius 3 is 2.80 bits per heavy atom. The summed E-state index contributed by atoms with van der Waals surface area (Å²) in [4.78, 5) is 11.4. The highest BCUT2D eigenvalue weighted by molar-refractivity contribution is 6.32. The molecule has 0 saturated heterocycles. The number of ether oxygens (including phenoxy) is 1. The van der Waals surface area contributed by atoms with Crippen molar-refractivity contribution in [1.82, 2.24) is 0 Å². The number of rotatable bonds is 4. The van der Waals surface area contributed by atoms with Crippen molar-refractivity contribution in [2.75, 3.05) is 13.7 Å². The molecule has 0 aromatic heterocycles. The number of carbonyl (C=O) groups excluding carboxylic acids is 1. The van der Waals surface area contributed by atoms with Crippen molar-refractivity contribution in [1.29, 1.82) is 0 Å². The van der Waals surface area contributed by atoms with Crippen molar-refractivity contribution in [3.63, 3.8) is 0 Å². The van der Waals surface area contributed by atoms with Crippen LogP contribution in [0.15, 0.2) is 12.1 Å². The van der Waals surface area contributed by atoms with E-state index in [0.717, 1.165) is 6.07 Å². The second kappa shape index (κ2) is 5.09. The van der Waals surface area contributed by atoms with Crippen molar-refractivity contribution in [3.8, 4) is 5.75 Å². The molecule has 2 N–H and O–H groups in total. The molecule has 1 aromatic rings. The van der Waals surface area contributed by atoms with Crippen molar-refractivity contribution < 1.29 is 13.9 Å². The number of nitrogens with two attached hydrogens (primary N) is 1. The standard InChI is InChI=1S/C10H11ClFNO2/c1-15-10-4-6(9(14)2-3-13)8(12)5-7(10)11/h4-5H,2-3,13H2,1H3. The first-order valence-corrected chi connectivity index (χ1v) is 4.74. The molecule has 0 aliphatic carbocycles. The number of methoxy groups -OCH3 is 1. The van der Waals surface area contributed by atoms with Crippen LogP contribution >= 0.6 is 11.6 Å². The first-order chi connectivity index (χ1) is 7.10. The van der Waals surface area contributed by atoms with Crippen LogP contribution in [-0.4, -0.2) is 19.4 Å². The van der Waals surface area contributed by atoms with Gasteiger partial charge in [0.15, 0.2) is 5.78 Å². The highest BCUT2D eigenvalue weighted by Gasteiger charge is 2.14. The molecule has 0 aliphatic rings. The molecule has 3 nitrogen and oxygen atoms in total. The molecule has 0 fully saturated rings. The zero-order valence-corrected chi connectivity index (χ0v) is 8.97. The second-order valence-corrected chi connectivity index (χ2v) is 3.34. The summed E-state index contributed by atoms with van der Waals surface area (Å²) in [5.41, 5.74) is 5.18. The van der Waals surface area contributed by atoms with Crippen LogP contribution in [-0.2, 0) is 0 Å². The van der Waals surface area contributed by atoms with E-state index in [4.69, 9.17) is 22.1 Å². The number of ketones is 1. The summed E-state index contributed by atoms with van der Waals surface area (Å²) in [5.74, 6) is -0.734. The molecule has 1 rings (SSSR count). The molecule has 0 saturated carbocycles. The van der Waals surface area contributed by atoms with E-state index in [0.29, 0.717) is 0 Å². The molecule has 0 radical (unpaired) electrons. The summed E-state index contributed by atoms with van der Waals surface area (Å²) < 4.78 is 18.2. The normalized spacial score (nSPS) is 10.1.